The third-order valence-corrected chi connectivity index (χ3v) is 8.31. The highest BCUT2D eigenvalue weighted by Gasteiger charge is 2.33. The number of halogens is 1. The summed E-state index contributed by atoms with van der Waals surface area (Å²) in [4.78, 5) is 28.3. The summed E-state index contributed by atoms with van der Waals surface area (Å²) >= 11 is 6.41. The van der Waals surface area contributed by atoms with Crippen LogP contribution in [-0.4, -0.2) is 51.4 Å². The van der Waals surface area contributed by atoms with Gasteiger partial charge >= 0.3 is 0 Å². The van der Waals surface area contributed by atoms with Crippen molar-refractivity contribution in [1.29, 1.82) is 0 Å². The molecule has 0 aromatic heterocycles. The summed E-state index contributed by atoms with van der Waals surface area (Å²) in [7, 11) is -2.63. The van der Waals surface area contributed by atoms with Crippen molar-refractivity contribution in [3.05, 3.63) is 89.4 Å². The zero-order chi connectivity index (χ0) is 28.4. The predicted octanol–water partition coefficient (Wildman–Crippen LogP) is 4.88. The molecule has 0 saturated carbocycles. The van der Waals surface area contributed by atoms with Gasteiger partial charge in [-0.25, -0.2) is 8.42 Å². The van der Waals surface area contributed by atoms with Crippen LogP contribution in [0.5, 0.6) is 5.75 Å². The molecule has 0 bridgehead atoms. The molecule has 0 aliphatic heterocycles. The monoisotopic (exact) mass is 571 g/mol. The van der Waals surface area contributed by atoms with Gasteiger partial charge in [0.25, 0.3) is 10.0 Å². The largest absolute Gasteiger partial charge is 0.497 e. The van der Waals surface area contributed by atoms with E-state index >= 15 is 0 Å². The van der Waals surface area contributed by atoms with E-state index in [2.05, 4.69) is 5.32 Å². The molecular formula is C29H34ClN3O5S. The fraction of sp³-hybridized carbons (Fsp3) is 0.310. The second-order valence-electron chi connectivity index (χ2n) is 8.97. The lowest BCUT2D eigenvalue weighted by atomic mass is 10.1. The van der Waals surface area contributed by atoms with Gasteiger partial charge in [0, 0.05) is 13.1 Å². The highest BCUT2D eigenvalue weighted by atomic mass is 35.5. The molecule has 0 aliphatic carbocycles. The number of carbonyl (C=O) groups excluding carboxylic acids is 2. The third kappa shape index (κ3) is 7.74. The first-order chi connectivity index (χ1) is 18.7. The van der Waals surface area contributed by atoms with Crippen LogP contribution < -0.4 is 14.4 Å². The summed E-state index contributed by atoms with van der Waals surface area (Å²) in [5, 5.41) is 3.04. The van der Waals surface area contributed by atoms with Crippen molar-refractivity contribution in [2.45, 2.75) is 44.2 Å². The standard InChI is InChI=1S/C29H34ClN3O5S/c1-4-5-18-31-29(35)22(2)32(20-23-12-11-13-24(19-23)38-3)28(34)21-33(27-17-10-9-16-26(27)30)39(36,37)25-14-7-6-8-15-25/h6-17,19,22H,4-5,18,20-21H2,1-3H3,(H,31,35). The van der Waals surface area contributed by atoms with E-state index in [0.29, 0.717) is 12.3 Å². The number of unbranched alkanes of at least 4 members (excludes halogenated alkanes) is 1. The number of nitrogens with zero attached hydrogens (tertiary/aromatic N) is 2. The number of carbonyl (C=O) groups is 2. The van der Waals surface area contributed by atoms with Crippen LogP contribution in [0.2, 0.25) is 5.02 Å². The topological polar surface area (TPSA) is 96.0 Å². The third-order valence-electron chi connectivity index (χ3n) is 6.22. The molecule has 3 aromatic carbocycles. The van der Waals surface area contributed by atoms with Gasteiger partial charge in [0.2, 0.25) is 11.8 Å². The summed E-state index contributed by atoms with van der Waals surface area (Å²) in [6.45, 7) is 3.64. The second-order valence-corrected chi connectivity index (χ2v) is 11.2. The van der Waals surface area contributed by atoms with E-state index in [0.717, 1.165) is 22.7 Å². The van der Waals surface area contributed by atoms with Crippen molar-refractivity contribution in [3.63, 3.8) is 0 Å². The number of methoxy groups -OCH3 is 1. The molecule has 0 aliphatic rings. The Morgan fingerprint density at radius 3 is 2.36 bits per heavy atom. The van der Waals surface area contributed by atoms with Crippen molar-refractivity contribution in [2.24, 2.45) is 0 Å². The van der Waals surface area contributed by atoms with Crippen LogP contribution in [0.3, 0.4) is 0 Å². The quantitative estimate of drug-likeness (QED) is 0.295. The van der Waals surface area contributed by atoms with Crippen molar-refractivity contribution >= 4 is 39.1 Å². The van der Waals surface area contributed by atoms with E-state index in [-0.39, 0.29) is 28.1 Å². The van der Waals surface area contributed by atoms with Crippen LogP contribution in [0.15, 0.2) is 83.8 Å². The van der Waals surface area contributed by atoms with Crippen LogP contribution in [0, 0.1) is 0 Å². The lowest BCUT2D eigenvalue weighted by Crippen LogP contribution is -2.51. The van der Waals surface area contributed by atoms with Gasteiger partial charge in [0.15, 0.2) is 0 Å². The van der Waals surface area contributed by atoms with Crippen LogP contribution in [-0.2, 0) is 26.2 Å². The van der Waals surface area contributed by atoms with Gasteiger partial charge in [-0.1, -0.05) is 67.4 Å². The van der Waals surface area contributed by atoms with Crippen molar-refractivity contribution in [3.8, 4) is 5.75 Å². The molecule has 0 fully saturated rings. The van der Waals surface area contributed by atoms with Crippen LogP contribution in [0.25, 0.3) is 0 Å². The fourth-order valence-corrected chi connectivity index (χ4v) is 5.72. The summed E-state index contributed by atoms with van der Waals surface area (Å²) in [6, 6.07) is 20.6. The number of para-hydroxylation sites is 1. The Morgan fingerprint density at radius 1 is 1.00 bits per heavy atom. The molecular weight excluding hydrogens is 538 g/mol. The minimum Gasteiger partial charge on any atom is -0.497 e. The Hall–Kier alpha value is -3.56. The average Bonchev–Trinajstić information content (AvgIpc) is 2.95. The molecule has 1 N–H and O–H groups in total. The van der Waals surface area contributed by atoms with Gasteiger partial charge in [-0.3, -0.25) is 13.9 Å². The number of rotatable bonds is 13. The number of benzene rings is 3. The number of anilines is 1. The Balaban J connectivity index is 2.01. The molecule has 0 saturated heterocycles. The molecule has 3 aromatic rings. The van der Waals surface area contributed by atoms with E-state index in [1.165, 1.54) is 17.0 Å². The van der Waals surface area contributed by atoms with Gasteiger partial charge in [-0.2, -0.15) is 0 Å². The van der Waals surface area contributed by atoms with Gasteiger partial charge in [-0.05, 0) is 55.3 Å². The normalized spacial score (nSPS) is 11.9. The minimum absolute atomic E-state index is 0.0161. The van der Waals surface area contributed by atoms with Crippen LogP contribution >= 0.6 is 11.6 Å². The maximum Gasteiger partial charge on any atom is 0.264 e. The zero-order valence-electron chi connectivity index (χ0n) is 22.3. The average molecular weight is 572 g/mol. The first-order valence-electron chi connectivity index (χ1n) is 12.7. The van der Waals surface area contributed by atoms with E-state index in [9.17, 15) is 18.0 Å². The molecule has 10 heteroatoms. The van der Waals surface area contributed by atoms with Crippen LogP contribution in [0.4, 0.5) is 5.69 Å². The van der Waals surface area contributed by atoms with E-state index in [1.807, 2.05) is 13.0 Å². The molecule has 1 unspecified atom stereocenters. The number of hydrogen-bond donors (Lipinski definition) is 1. The molecule has 1 atom stereocenters. The number of sulfonamides is 1. The number of ether oxygens (including phenoxy) is 1. The summed E-state index contributed by atoms with van der Waals surface area (Å²) in [5.74, 6) is -0.283. The van der Waals surface area contributed by atoms with Gasteiger partial charge in [0.05, 0.1) is 22.7 Å². The maximum absolute atomic E-state index is 13.9. The molecule has 0 radical (unpaired) electrons. The maximum atomic E-state index is 13.9. The number of hydrogen-bond acceptors (Lipinski definition) is 5. The highest BCUT2D eigenvalue weighted by molar-refractivity contribution is 7.92. The lowest BCUT2D eigenvalue weighted by molar-refractivity contribution is -0.139. The Morgan fingerprint density at radius 2 is 1.69 bits per heavy atom. The first-order valence-corrected chi connectivity index (χ1v) is 14.5. The molecule has 8 nitrogen and oxygen atoms in total. The first kappa shape index (κ1) is 30.0. The fourth-order valence-electron chi connectivity index (χ4n) is 3.97. The molecule has 0 heterocycles. The van der Waals surface area contributed by atoms with E-state index in [1.54, 1.807) is 74.7 Å². The van der Waals surface area contributed by atoms with Gasteiger partial charge in [-0.15, -0.1) is 0 Å². The number of nitrogens with one attached hydrogen (secondary N) is 1. The Bertz CT molecular complexity index is 1370. The highest BCUT2D eigenvalue weighted by Crippen LogP contribution is 2.30. The predicted molar refractivity (Wildman–Crippen MR) is 153 cm³/mol. The molecule has 2 amide bonds. The molecule has 3 rings (SSSR count). The lowest BCUT2D eigenvalue weighted by Gasteiger charge is -2.32. The van der Waals surface area contributed by atoms with Crippen molar-refractivity contribution in [2.75, 3.05) is 24.5 Å². The smallest absolute Gasteiger partial charge is 0.264 e. The zero-order valence-corrected chi connectivity index (χ0v) is 23.9. The van der Waals surface area contributed by atoms with Gasteiger partial charge < -0.3 is 15.0 Å². The van der Waals surface area contributed by atoms with E-state index < -0.39 is 28.5 Å². The summed E-state index contributed by atoms with van der Waals surface area (Å²) < 4.78 is 33.8. The molecule has 39 heavy (non-hydrogen) atoms. The second kappa shape index (κ2) is 14.0. The molecule has 208 valence electrons. The van der Waals surface area contributed by atoms with Gasteiger partial charge in [0.1, 0.15) is 18.3 Å². The van der Waals surface area contributed by atoms with Crippen molar-refractivity contribution < 1.29 is 22.7 Å². The SMILES string of the molecule is CCCCNC(=O)C(C)N(Cc1cccc(OC)c1)C(=O)CN(c1ccccc1Cl)S(=O)(=O)c1ccccc1. The Labute approximate surface area is 235 Å². The minimum atomic E-state index is -4.17. The van der Waals surface area contributed by atoms with E-state index in [4.69, 9.17) is 16.3 Å². The summed E-state index contributed by atoms with van der Waals surface area (Å²) in [5.41, 5.74) is 0.892. The Kier molecular flexibility index (Phi) is 10.8. The number of amides is 2. The van der Waals surface area contributed by atoms with Crippen LogP contribution in [0.1, 0.15) is 32.3 Å². The van der Waals surface area contributed by atoms with Crippen molar-refractivity contribution in [1.82, 2.24) is 10.2 Å². The molecule has 0 spiro atoms. The summed E-state index contributed by atoms with van der Waals surface area (Å²) in [6.07, 6.45) is 1.71.